The van der Waals surface area contributed by atoms with Crippen LogP contribution in [0, 0.1) is 0 Å². The number of nitrogens with one attached hydrogen (secondary N) is 1. The van der Waals surface area contributed by atoms with E-state index in [0.717, 1.165) is 5.82 Å². The number of amides is 1. The topological polar surface area (TPSA) is 83.1 Å². The highest BCUT2D eigenvalue weighted by Crippen LogP contribution is 2.33. The molecule has 2 fully saturated rings. The van der Waals surface area contributed by atoms with Crippen molar-refractivity contribution >= 4 is 23.2 Å². The van der Waals surface area contributed by atoms with Gasteiger partial charge in [-0.05, 0) is 12.1 Å². The zero-order chi connectivity index (χ0) is 23.5. The molecule has 9 nitrogen and oxygen atoms in total. The van der Waals surface area contributed by atoms with E-state index in [9.17, 15) is 13.6 Å². The van der Waals surface area contributed by atoms with Gasteiger partial charge in [-0.25, -0.2) is 18.7 Å². The molecule has 0 radical (unpaired) electrons. The van der Waals surface area contributed by atoms with Crippen molar-refractivity contribution in [2.24, 2.45) is 0 Å². The second-order valence-corrected chi connectivity index (χ2v) is 8.75. The lowest BCUT2D eigenvalue weighted by Crippen LogP contribution is -2.49. The Morgan fingerprint density at radius 2 is 1.56 bits per heavy atom. The highest BCUT2D eigenvalue weighted by atomic mass is 19.3. The molecule has 1 amide bonds. The van der Waals surface area contributed by atoms with Crippen LogP contribution in [0.4, 0.5) is 26.1 Å². The molecule has 0 bridgehead atoms. The molecule has 0 saturated carbocycles. The molecule has 0 spiro atoms. The Bertz CT molecular complexity index is 1020. The number of benzene rings is 1. The number of piperidine rings is 1. The monoisotopic (exact) mass is 474 g/mol. The van der Waals surface area contributed by atoms with Crippen LogP contribution < -0.4 is 24.6 Å². The molecule has 3 aliphatic heterocycles. The van der Waals surface area contributed by atoms with Crippen molar-refractivity contribution in [3.8, 4) is 11.5 Å². The van der Waals surface area contributed by atoms with Crippen LogP contribution in [0.5, 0.6) is 11.5 Å². The quantitative estimate of drug-likeness (QED) is 0.707. The molecule has 1 aromatic carbocycles. The molecule has 3 aliphatic rings. The van der Waals surface area contributed by atoms with Crippen LogP contribution in [0.25, 0.3) is 0 Å². The van der Waals surface area contributed by atoms with Crippen molar-refractivity contribution in [2.45, 2.75) is 18.8 Å². The van der Waals surface area contributed by atoms with E-state index in [2.05, 4.69) is 25.1 Å². The molecule has 5 rings (SSSR count). The van der Waals surface area contributed by atoms with Crippen LogP contribution in [-0.2, 0) is 4.79 Å². The zero-order valence-corrected chi connectivity index (χ0v) is 18.9. The minimum absolute atomic E-state index is 0.0867. The lowest BCUT2D eigenvalue weighted by molar-refractivity contribution is -0.117. The number of alkyl halides is 2. The maximum Gasteiger partial charge on any atom is 0.251 e. The normalized spacial score (nSPS) is 20.2. The number of carbonyl (C=O) groups excluding carboxylic acids is 1. The van der Waals surface area contributed by atoms with E-state index in [-0.39, 0.29) is 31.8 Å². The van der Waals surface area contributed by atoms with Crippen molar-refractivity contribution in [1.82, 2.24) is 14.9 Å². The van der Waals surface area contributed by atoms with E-state index >= 15 is 0 Å². The molecule has 2 saturated heterocycles. The fourth-order valence-corrected chi connectivity index (χ4v) is 4.41. The van der Waals surface area contributed by atoms with Crippen molar-refractivity contribution in [3.05, 3.63) is 30.6 Å². The van der Waals surface area contributed by atoms with E-state index in [4.69, 9.17) is 9.47 Å². The zero-order valence-electron chi connectivity index (χ0n) is 18.9. The Hall–Kier alpha value is -3.21. The van der Waals surface area contributed by atoms with Crippen LogP contribution in [0.2, 0.25) is 0 Å². The molecular weight excluding hydrogens is 446 g/mol. The molecule has 1 aromatic heterocycles. The Morgan fingerprint density at radius 3 is 2.26 bits per heavy atom. The minimum Gasteiger partial charge on any atom is -0.486 e. The highest BCUT2D eigenvalue weighted by molar-refractivity contribution is 5.92. The molecule has 2 aromatic rings. The third-order valence-electron chi connectivity index (χ3n) is 6.35. The Balaban J connectivity index is 1.11. The largest absolute Gasteiger partial charge is 0.486 e. The van der Waals surface area contributed by atoms with Gasteiger partial charge in [-0.1, -0.05) is 0 Å². The Kier molecular flexibility index (Phi) is 6.36. The number of halogens is 2. The average molecular weight is 475 g/mol. The van der Waals surface area contributed by atoms with Gasteiger partial charge >= 0.3 is 0 Å². The number of carbonyl (C=O) groups is 1. The summed E-state index contributed by atoms with van der Waals surface area (Å²) >= 11 is 0. The smallest absolute Gasteiger partial charge is 0.251 e. The number of anilines is 3. The molecule has 182 valence electrons. The number of aromatic nitrogens is 2. The fraction of sp³-hybridized carbons (Fsp3) is 0.522. The first-order valence-electron chi connectivity index (χ1n) is 11.6. The van der Waals surface area contributed by atoms with Gasteiger partial charge in [0.1, 0.15) is 31.2 Å². The number of hydrogen-bond acceptors (Lipinski definition) is 8. The predicted octanol–water partition coefficient (Wildman–Crippen LogP) is 2.24. The summed E-state index contributed by atoms with van der Waals surface area (Å²) in [6, 6.07) is 7.25. The van der Waals surface area contributed by atoms with E-state index in [1.165, 1.54) is 6.33 Å². The first kappa shape index (κ1) is 22.6. The van der Waals surface area contributed by atoms with E-state index in [0.29, 0.717) is 68.9 Å². The number of ether oxygens (including phenoxy) is 2. The summed E-state index contributed by atoms with van der Waals surface area (Å²) in [5, 5.41) is 2.92. The summed E-state index contributed by atoms with van der Waals surface area (Å²) < 4.78 is 38.0. The van der Waals surface area contributed by atoms with Gasteiger partial charge in [0.05, 0.1) is 6.54 Å². The molecule has 1 N–H and O–H groups in total. The number of nitrogens with zero attached hydrogens (tertiary/aromatic N) is 5. The first-order valence-corrected chi connectivity index (χ1v) is 11.6. The van der Waals surface area contributed by atoms with Crippen LogP contribution in [0.1, 0.15) is 12.8 Å². The first-order chi connectivity index (χ1) is 16.4. The summed E-state index contributed by atoms with van der Waals surface area (Å²) in [4.78, 5) is 27.3. The number of piperazine rings is 1. The molecule has 0 unspecified atom stereocenters. The van der Waals surface area contributed by atoms with Gasteiger partial charge in [0.15, 0.2) is 11.5 Å². The van der Waals surface area contributed by atoms with Gasteiger partial charge in [-0.2, -0.15) is 0 Å². The number of rotatable bonds is 5. The van der Waals surface area contributed by atoms with E-state index in [1.807, 2.05) is 11.0 Å². The van der Waals surface area contributed by atoms with Crippen LogP contribution in [0.15, 0.2) is 30.6 Å². The Labute approximate surface area is 196 Å². The second kappa shape index (κ2) is 9.57. The van der Waals surface area contributed by atoms with Gasteiger partial charge in [0, 0.05) is 69.9 Å². The Morgan fingerprint density at radius 1 is 0.912 bits per heavy atom. The average Bonchev–Trinajstić information content (AvgIpc) is 2.84. The lowest BCUT2D eigenvalue weighted by Gasteiger charge is -2.36. The maximum atomic E-state index is 13.5. The fourth-order valence-electron chi connectivity index (χ4n) is 4.41. The van der Waals surface area contributed by atoms with Crippen LogP contribution in [-0.4, -0.2) is 85.7 Å². The minimum atomic E-state index is -2.59. The number of fused-ring (bicyclic) bond motifs is 1. The molecule has 11 heteroatoms. The lowest BCUT2D eigenvalue weighted by atomic mass is 10.1. The van der Waals surface area contributed by atoms with Crippen LogP contribution >= 0.6 is 0 Å². The predicted molar refractivity (Wildman–Crippen MR) is 123 cm³/mol. The van der Waals surface area contributed by atoms with Gasteiger partial charge in [0.2, 0.25) is 5.91 Å². The van der Waals surface area contributed by atoms with Crippen molar-refractivity contribution in [3.63, 3.8) is 0 Å². The van der Waals surface area contributed by atoms with Crippen molar-refractivity contribution < 1.29 is 23.0 Å². The highest BCUT2D eigenvalue weighted by Gasteiger charge is 2.34. The van der Waals surface area contributed by atoms with Crippen molar-refractivity contribution in [2.75, 3.05) is 74.1 Å². The van der Waals surface area contributed by atoms with Gasteiger partial charge in [0.25, 0.3) is 5.92 Å². The SMILES string of the molecule is O=C(CN1CCN(c2cc(N3CCC(F)(F)CC3)ncn2)CC1)Nc1ccc2c(c1)OCCO2. The summed E-state index contributed by atoms with van der Waals surface area (Å²) in [7, 11) is 0. The molecule has 4 heterocycles. The molecule has 0 atom stereocenters. The third-order valence-corrected chi connectivity index (χ3v) is 6.35. The van der Waals surface area contributed by atoms with Gasteiger partial charge in [-0.3, -0.25) is 9.69 Å². The summed E-state index contributed by atoms with van der Waals surface area (Å²) in [6.45, 7) is 4.74. The van der Waals surface area contributed by atoms with Crippen LogP contribution in [0.3, 0.4) is 0 Å². The summed E-state index contributed by atoms with van der Waals surface area (Å²) in [5.74, 6) is 0.115. The van der Waals surface area contributed by atoms with Crippen molar-refractivity contribution in [1.29, 1.82) is 0 Å². The second-order valence-electron chi connectivity index (χ2n) is 8.75. The molecule has 34 heavy (non-hydrogen) atoms. The standard InChI is InChI=1S/C23H28F2N6O3/c24-23(25)3-5-30(6-4-23)20-14-21(27-16-26-20)31-9-7-29(8-10-31)15-22(32)28-17-1-2-18-19(13-17)34-12-11-33-18/h1-2,13-14,16H,3-12,15H2,(H,28,32). The maximum absolute atomic E-state index is 13.5. The molecular formula is C23H28F2N6O3. The van der Waals surface area contributed by atoms with Gasteiger partial charge in [-0.15, -0.1) is 0 Å². The summed E-state index contributed by atoms with van der Waals surface area (Å²) in [5.41, 5.74) is 0.678. The molecule has 0 aliphatic carbocycles. The van der Waals surface area contributed by atoms with Gasteiger partial charge < -0.3 is 24.6 Å². The number of hydrogen-bond donors (Lipinski definition) is 1. The third kappa shape index (κ3) is 5.30. The summed E-state index contributed by atoms with van der Waals surface area (Å²) in [6.07, 6.45) is 1.18. The van der Waals surface area contributed by atoms with E-state index < -0.39 is 5.92 Å². The van der Waals surface area contributed by atoms with E-state index in [1.54, 1.807) is 18.2 Å².